The summed E-state index contributed by atoms with van der Waals surface area (Å²) in [7, 11) is 1.78. The molecule has 4 aromatic rings. The Morgan fingerprint density at radius 1 is 1.00 bits per heavy atom. The molecule has 0 bridgehead atoms. The Balaban J connectivity index is 1.35. The number of nitrogens with zero attached hydrogens (tertiary/aromatic N) is 6. The van der Waals surface area contributed by atoms with Crippen molar-refractivity contribution in [3.8, 4) is 11.1 Å². The standard InChI is InChI=1S/C26H28ClN7O2/c1-35-18-5-3-17(4-6-18)32-26-29-14-21-23(33-26)20(13-28-24(21)27)16-2-7-19-22(12-16)30-15-31-25(19)34-8-10-36-11-9-34/h2,7,12-15,17-18H,3-6,8-11H2,1H3,(H,29,32,33). The summed E-state index contributed by atoms with van der Waals surface area (Å²) in [5.41, 5.74) is 3.49. The number of ether oxygens (including phenoxy) is 2. The lowest BCUT2D eigenvalue weighted by Gasteiger charge is -2.28. The maximum atomic E-state index is 6.43. The summed E-state index contributed by atoms with van der Waals surface area (Å²) in [5, 5.41) is 5.63. The largest absolute Gasteiger partial charge is 0.381 e. The number of nitrogens with one attached hydrogen (secondary N) is 1. The van der Waals surface area contributed by atoms with Crippen LogP contribution in [0.25, 0.3) is 32.9 Å². The molecule has 36 heavy (non-hydrogen) atoms. The summed E-state index contributed by atoms with van der Waals surface area (Å²) in [4.78, 5) is 25.2. The second kappa shape index (κ2) is 10.1. The van der Waals surface area contributed by atoms with E-state index >= 15 is 0 Å². The molecular weight excluding hydrogens is 478 g/mol. The first kappa shape index (κ1) is 23.3. The molecule has 0 amide bonds. The summed E-state index contributed by atoms with van der Waals surface area (Å²) in [5.74, 6) is 1.54. The SMILES string of the molecule is COC1CCC(Nc2ncc3c(Cl)ncc(-c4ccc5c(N6CCOCC6)ncnc5c4)c3n2)CC1. The molecule has 0 spiro atoms. The van der Waals surface area contributed by atoms with Crippen LogP contribution >= 0.6 is 11.6 Å². The highest BCUT2D eigenvalue weighted by Gasteiger charge is 2.22. The van der Waals surface area contributed by atoms with E-state index in [1.165, 1.54) is 0 Å². The number of aromatic nitrogens is 5. The van der Waals surface area contributed by atoms with Gasteiger partial charge < -0.3 is 19.7 Å². The van der Waals surface area contributed by atoms with Gasteiger partial charge in [-0.05, 0) is 43.4 Å². The monoisotopic (exact) mass is 505 g/mol. The maximum Gasteiger partial charge on any atom is 0.223 e. The van der Waals surface area contributed by atoms with Gasteiger partial charge in [0, 0.05) is 49.6 Å². The van der Waals surface area contributed by atoms with Crippen molar-refractivity contribution in [1.29, 1.82) is 0 Å². The van der Waals surface area contributed by atoms with Crippen molar-refractivity contribution in [1.82, 2.24) is 24.9 Å². The topological polar surface area (TPSA) is 98.2 Å². The minimum atomic E-state index is 0.325. The summed E-state index contributed by atoms with van der Waals surface area (Å²) >= 11 is 6.43. The molecule has 1 aliphatic carbocycles. The number of benzene rings is 1. The molecule has 9 nitrogen and oxygen atoms in total. The Bertz CT molecular complexity index is 1390. The van der Waals surface area contributed by atoms with Gasteiger partial charge in [-0.2, -0.15) is 0 Å². The number of methoxy groups -OCH3 is 1. The molecule has 0 atom stereocenters. The molecule has 2 aliphatic rings. The van der Waals surface area contributed by atoms with Gasteiger partial charge in [0.15, 0.2) is 0 Å². The van der Waals surface area contributed by atoms with E-state index in [9.17, 15) is 0 Å². The maximum absolute atomic E-state index is 6.43. The fraction of sp³-hybridized carbons (Fsp3) is 0.423. The van der Waals surface area contributed by atoms with E-state index in [0.29, 0.717) is 36.5 Å². The van der Waals surface area contributed by atoms with Crippen LogP contribution < -0.4 is 10.2 Å². The molecule has 1 aromatic carbocycles. The zero-order chi connectivity index (χ0) is 24.5. The van der Waals surface area contributed by atoms with Crippen LogP contribution in [0.5, 0.6) is 0 Å². The summed E-state index contributed by atoms with van der Waals surface area (Å²) < 4.78 is 11.0. The predicted octanol–water partition coefficient (Wildman–Crippen LogP) is 4.49. The van der Waals surface area contributed by atoms with Crippen LogP contribution in [0.15, 0.2) is 36.9 Å². The van der Waals surface area contributed by atoms with Crippen LogP contribution in [0.1, 0.15) is 25.7 Å². The lowest BCUT2D eigenvalue weighted by atomic mass is 9.93. The predicted molar refractivity (Wildman–Crippen MR) is 141 cm³/mol. The molecule has 3 aromatic heterocycles. The highest BCUT2D eigenvalue weighted by atomic mass is 35.5. The Morgan fingerprint density at radius 2 is 1.83 bits per heavy atom. The quantitative estimate of drug-likeness (QED) is 0.393. The number of fused-ring (bicyclic) bond motifs is 2. The molecule has 4 heterocycles. The molecule has 6 rings (SSSR count). The van der Waals surface area contributed by atoms with Gasteiger partial charge in [-0.15, -0.1) is 0 Å². The third-order valence-corrected chi connectivity index (χ3v) is 7.45. The van der Waals surface area contributed by atoms with Gasteiger partial charge >= 0.3 is 0 Å². The zero-order valence-electron chi connectivity index (χ0n) is 20.2. The molecular formula is C26H28ClN7O2. The second-order valence-corrected chi connectivity index (χ2v) is 9.66. The van der Waals surface area contributed by atoms with Crippen molar-refractivity contribution in [3.05, 3.63) is 42.1 Å². The highest BCUT2D eigenvalue weighted by Crippen LogP contribution is 2.34. The van der Waals surface area contributed by atoms with Gasteiger partial charge in [-0.3, -0.25) is 0 Å². The number of morpholine rings is 1. The van der Waals surface area contributed by atoms with Crippen molar-refractivity contribution in [2.45, 2.75) is 37.8 Å². The Morgan fingerprint density at radius 3 is 2.64 bits per heavy atom. The van der Waals surface area contributed by atoms with Crippen LogP contribution in [0, 0.1) is 0 Å². The third-order valence-electron chi connectivity index (χ3n) is 7.15. The molecule has 0 unspecified atom stereocenters. The van der Waals surface area contributed by atoms with E-state index in [0.717, 1.165) is 77.5 Å². The van der Waals surface area contributed by atoms with Crippen molar-refractivity contribution < 1.29 is 9.47 Å². The Labute approximate surface area is 214 Å². The minimum absolute atomic E-state index is 0.325. The molecule has 2 fully saturated rings. The number of halogens is 1. The number of anilines is 2. The van der Waals surface area contributed by atoms with E-state index in [4.69, 9.17) is 26.1 Å². The van der Waals surface area contributed by atoms with E-state index in [1.807, 2.05) is 0 Å². The van der Waals surface area contributed by atoms with Crippen LogP contribution in [-0.4, -0.2) is 70.5 Å². The average Bonchev–Trinajstić information content (AvgIpc) is 2.93. The van der Waals surface area contributed by atoms with E-state index in [2.05, 4.69) is 48.4 Å². The van der Waals surface area contributed by atoms with Gasteiger partial charge in [0.1, 0.15) is 17.3 Å². The number of hydrogen-bond donors (Lipinski definition) is 1. The lowest BCUT2D eigenvalue weighted by molar-refractivity contribution is 0.0681. The zero-order valence-corrected chi connectivity index (χ0v) is 20.9. The molecule has 0 radical (unpaired) electrons. The minimum Gasteiger partial charge on any atom is -0.381 e. The van der Waals surface area contributed by atoms with E-state index < -0.39 is 0 Å². The number of rotatable bonds is 5. The molecule has 1 saturated heterocycles. The van der Waals surface area contributed by atoms with Crippen LogP contribution in [0.4, 0.5) is 11.8 Å². The molecule has 186 valence electrons. The molecule has 10 heteroatoms. The third kappa shape index (κ3) is 4.54. The average molecular weight is 506 g/mol. The first-order valence-corrected chi connectivity index (χ1v) is 12.8. The van der Waals surface area contributed by atoms with Crippen LogP contribution in [0.2, 0.25) is 5.15 Å². The van der Waals surface area contributed by atoms with Gasteiger partial charge in [0.2, 0.25) is 5.95 Å². The molecule has 1 N–H and O–H groups in total. The highest BCUT2D eigenvalue weighted by molar-refractivity contribution is 6.34. The van der Waals surface area contributed by atoms with Crippen molar-refractivity contribution >= 4 is 45.2 Å². The normalized spacial score (nSPS) is 20.7. The van der Waals surface area contributed by atoms with Crippen molar-refractivity contribution in [3.63, 3.8) is 0 Å². The summed E-state index contributed by atoms with van der Waals surface area (Å²) in [6.45, 7) is 3.05. The second-order valence-electron chi connectivity index (χ2n) is 9.30. The van der Waals surface area contributed by atoms with Gasteiger partial charge in [-0.1, -0.05) is 17.7 Å². The van der Waals surface area contributed by atoms with Gasteiger partial charge in [0.25, 0.3) is 0 Å². The Hall–Kier alpha value is -3.14. The molecule has 1 saturated carbocycles. The lowest BCUT2D eigenvalue weighted by Crippen LogP contribution is -2.36. The number of hydrogen-bond acceptors (Lipinski definition) is 9. The fourth-order valence-corrected chi connectivity index (χ4v) is 5.32. The van der Waals surface area contributed by atoms with Crippen LogP contribution in [-0.2, 0) is 9.47 Å². The first-order chi connectivity index (χ1) is 17.7. The van der Waals surface area contributed by atoms with Gasteiger partial charge in [-0.25, -0.2) is 24.9 Å². The smallest absolute Gasteiger partial charge is 0.223 e. The van der Waals surface area contributed by atoms with Crippen molar-refractivity contribution in [2.75, 3.05) is 43.6 Å². The van der Waals surface area contributed by atoms with E-state index in [1.54, 1.807) is 25.8 Å². The van der Waals surface area contributed by atoms with E-state index in [-0.39, 0.29) is 0 Å². The first-order valence-electron chi connectivity index (χ1n) is 12.4. The summed E-state index contributed by atoms with van der Waals surface area (Å²) in [6, 6.07) is 6.53. The fourth-order valence-electron chi connectivity index (χ4n) is 5.13. The van der Waals surface area contributed by atoms with Crippen molar-refractivity contribution in [2.24, 2.45) is 0 Å². The number of pyridine rings is 1. The molecule has 1 aliphatic heterocycles. The van der Waals surface area contributed by atoms with Crippen LogP contribution in [0.3, 0.4) is 0 Å². The summed E-state index contributed by atoms with van der Waals surface area (Å²) in [6.07, 6.45) is 9.62. The van der Waals surface area contributed by atoms with Gasteiger partial charge in [0.05, 0.1) is 35.7 Å². The Kier molecular flexibility index (Phi) is 6.52.